The summed E-state index contributed by atoms with van der Waals surface area (Å²) in [6, 6.07) is 19.1. The molecule has 0 bridgehead atoms. The quantitative estimate of drug-likeness (QED) is 0.195. The van der Waals surface area contributed by atoms with Gasteiger partial charge in [-0.05, 0) is 54.5 Å². The molecule has 0 saturated carbocycles. The number of carbonyl (C=O) groups excluding carboxylic acids is 2. The van der Waals surface area contributed by atoms with E-state index in [0.29, 0.717) is 11.3 Å². The first-order valence-corrected chi connectivity index (χ1v) is 10.6. The average molecular weight is 491 g/mol. The summed E-state index contributed by atoms with van der Waals surface area (Å²) in [6.07, 6.45) is 1.31. The molecule has 0 spiro atoms. The van der Waals surface area contributed by atoms with Gasteiger partial charge >= 0.3 is 0 Å². The fourth-order valence-electron chi connectivity index (χ4n) is 3.00. The fraction of sp³-hybridized carbons (Fsp3) is 0.0800. The molecule has 0 atom stereocenters. The third-order valence-corrected chi connectivity index (χ3v) is 4.90. The molecule has 0 radical (unpaired) electrons. The molecule has 0 heterocycles. The molecule has 3 rings (SSSR count). The van der Waals surface area contributed by atoms with Crippen LogP contribution in [-0.4, -0.2) is 23.3 Å². The SMILES string of the molecule is Cc1cccc(NC(=O)COc2ccc(/C=C(\C#N)C(=O)Nc3cccc([N+](=O)[O-])c3)cc2Cl)c1. The zero-order valence-electron chi connectivity index (χ0n) is 18.4. The highest BCUT2D eigenvalue weighted by Crippen LogP contribution is 2.27. The van der Waals surface area contributed by atoms with Crippen molar-refractivity contribution < 1.29 is 19.2 Å². The lowest BCUT2D eigenvalue weighted by Crippen LogP contribution is -2.20. The van der Waals surface area contributed by atoms with E-state index in [-0.39, 0.29) is 40.2 Å². The van der Waals surface area contributed by atoms with Gasteiger partial charge in [0.2, 0.25) is 0 Å². The number of amides is 2. The van der Waals surface area contributed by atoms with E-state index >= 15 is 0 Å². The van der Waals surface area contributed by atoms with Crippen LogP contribution in [0.5, 0.6) is 5.75 Å². The number of non-ortho nitro benzene ring substituents is 1. The number of benzene rings is 3. The third kappa shape index (κ3) is 7.15. The lowest BCUT2D eigenvalue weighted by molar-refractivity contribution is -0.384. The lowest BCUT2D eigenvalue weighted by Gasteiger charge is -2.10. The number of halogens is 1. The van der Waals surface area contributed by atoms with Crippen LogP contribution in [0.1, 0.15) is 11.1 Å². The molecule has 9 nitrogen and oxygen atoms in total. The first-order valence-electron chi connectivity index (χ1n) is 10.2. The number of aryl methyl sites for hydroxylation is 1. The molecular weight excluding hydrogens is 472 g/mol. The van der Waals surface area contributed by atoms with E-state index in [4.69, 9.17) is 16.3 Å². The number of hydrogen-bond donors (Lipinski definition) is 2. The summed E-state index contributed by atoms with van der Waals surface area (Å²) in [4.78, 5) is 34.9. The third-order valence-electron chi connectivity index (χ3n) is 4.61. The predicted molar refractivity (Wildman–Crippen MR) is 132 cm³/mol. The second kappa shape index (κ2) is 11.4. The minimum atomic E-state index is -0.739. The molecule has 3 aromatic carbocycles. The Labute approximate surface area is 205 Å². The molecule has 2 N–H and O–H groups in total. The Bertz CT molecular complexity index is 1360. The number of nitro benzene ring substituents is 1. The van der Waals surface area contributed by atoms with Gasteiger partial charge < -0.3 is 15.4 Å². The number of nitro groups is 1. The predicted octanol–water partition coefficient (Wildman–Crippen LogP) is 5.12. The number of ether oxygens (including phenoxy) is 1. The summed E-state index contributed by atoms with van der Waals surface area (Å²) in [7, 11) is 0. The van der Waals surface area contributed by atoms with E-state index in [1.54, 1.807) is 18.2 Å². The van der Waals surface area contributed by atoms with Gasteiger partial charge in [0.15, 0.2) is 6.61 Å². The van der Waals surface area contributed by atoms with Gasteiger partial charge in [-0.3, -0.25) is 19.7 Å². The Kier molecular flexibility index (Phi) is 8.16. The summed E-state index contributed by atoms with van der Waals surface area (Å²) < 4.78 is 5.48. The van der Waals surface area contributed by atoms with Gasteiger partial charge in [0, 0.05) is 23.5 Å². The number of carbonyl (C=O) groups is 2. The van der Waals surface area contributed by atoms with Crippen LogP contribution in [0.4, 0.5) is 17.1 Å². The molecule has 0 aliphatic rings. The van der Waals surface area contributed by atoms with Crippen molar-refractivity contribution in [3.8, 4) is 11.8 Å². The van der Waals surface area contributed by atoms with Crippen LogP contribution in [-0.2, 0) is 9.59 Å². The first kappa shape index (κ1) is 25.0. The van der Waals surface area contributed by atoms with Crippen LogP contribution < -0.4 is 15.4 Å². The zero-order chi connectivity index (χ0) is 25.4. The van der Waals surface area contributed by atoms with Crippen LogP contribution in [0.3, 0.4) is 0 Å². The van der Waals surface area contributed by atoms with Gasteiger partial charge in [-0.2, -0.15) is 5.26 Å². The topological polar surface area (TPSA) is 134 Å². The van der Waals surface area contributed by atoms with Crippen LogP contribution in [0, 0.1) is 28.4 Å². The molecule has 2 amide bonds. The highest BCUT2D eigenvalue weighted by Gasteiger charge is 2.13. The van der Waals surface area contributed by atoms with E-state index in [9.17, 15) is 25.0 Å². The van der Waals surface area contributed by atoms with Crippen molar-refractivity contribution >= 4 is 46.6 Å². The number of nitriles is 1. The van der Waals surface area contributed by atoms with Crippen LogP contribution in [0.2, 0.25) is 5.02 Å². The molecule has 0 saturated heterocycles. The maximum Gasteiger partial charge on any atom is 0.271 e. The minimum absolute atomic E-state index is 0.177. The number of hydrogen-bond acceptors (Lipinski definition) is 6. The summed E-state index contributed by atoms with van der Waals surface area (Å²) in [5.74, 6) is -0.847. The molecule has 35 heavy (non-hydrogen) atoms. The number of anilines is 2. The lowest BCUT2D eigenvalue weighted by atomic mass is 10.1. The maximum atomic E-state index is 12.5. The van der Waals surface area contributed by atoms with Crippen molar-refractivity contribution in [2.24, 2.45) is 0 Å². The maximum absolute atomic E-state index is 12.5. The molecule has 176 valence electrons. The Morgan fingerprint density at radius 1 is 1.09 bits per heavy atom. The van der Waals surface area contributed by atoms with E-state index in [1.165, 1.54) is 42.5 Å². The summed E-state index contributed by atoms with van der Waals surface area (Å²) in [5, 5.41) is 25.6. The van der Waals surface area contributed by atoms with E-state index in [2.05, 4.69) is 10.6 Å². The normalized spacial score (nSPS) is 10.7. The summed E-state index contributed by atoms with van der Waals surface area (Å²) in [6.45, 7) is 1.65. The number of nitrogens with one attached hydrogen (secondary N) is 2. The van der Waals surface area contributed by atoms with Crippen LogP contribution in [0.25, 0.3) is 6.08 Å². The van der Waals surface area contributed by atoms with Crippen molar-refractivity contribution in [1.82, 2.24) is 0 Å². The van der Waals surface area contributed by atoms with Crippen LogP contribution in [0.15, 0.2) is 72.3 Å². The Morgan fingerprint density at radius 3 is 2.46 bits per heavy atom. The molecule has 0 aromatic heterocycles. The molecule has 0 aliphatic carbocycles. The van der Waals surface area contributed by atoms with E-state index in [1.807, 2.05) is 25.1 Å². The second-order valence-electron chi connectivity index (χ2n) is 7.33. The standard InChI is InChI=1S/C25H19ClN4O5/c1-16-4-2-5-19(10-16)28-24(31)15-35-23-9-8-17(12-22(23)26)11-18(14-27)25(32)29-20-6-3-7-21(13-20)30(33)34/h2-13H,15H2,1H3,(H,28,31)(H,29,32)/b18-11+. The average Bonchev–Trinajstić information content (AvgIpc) is 2.82. The fourth-order valence-corrected chi connectivity index (χ4v) is 3.24. The second-order valence-corrected chi connectivity index (χ2v) is 7.73. The molecule has 3 aromatic rings. The Morgan fingerprint density at radius 2 is 1.80 bits per heavy atom. The minimum Gasteiger partial charge on any atom is -0.482 e. The smallest absolute Gasteiger partial charge is 0.271 e. The highest BCUT2D eigenvalue weighted by atomic mass is 35.5. The molecule has 0 fully saturated rings. The molecular formula is C25H19ClN4O5. The van der Waals surface area contributed by atoms with Gasteiger partial charge in [-0.1, -0.05) is 35.9 Å². The zero-order valence-corrected chi connectivity index (χ0v) is 19.2. The van der Waals surface area contributed by atoms with Crippen molar-refractivity contribution in [3.63, 3.8) is 0 Å². The van der Waals surface area contributed by atoms with Gasteiger partial charge in [0.1, 0.15) is 17.4 Å². The van der Waals surface area contributed by atoms with Gasteiger partial charge in [0.25, 0.3) is 17.5 Å². The highest BCUT2D eigenvalue weighted by molar-refractivity contribution is 6.32. The van der Waals surface area contributed by atoms with Crippen molar-refractivity contribution in [1.29, 1.82) is 5.26 Å². The van der Waals surface area contributed by atoms with E-state index in [0.717, 1.165) is 5.56 Å². The largest absolute Gasteiger partial charge is 0.482 e. The first-order chi connectivity index (χ1) is 16.7. The monoisotopic (exact) mass is 490 g/mol. The Balaban J connectivity index is 1.64. The Hall–Kier alpha value is -4.68. The van der Waals surface area contributed by atoms with Crippen molar-refractivity contribution in [2.75, 3.05) is 17.2 Å². The van der Waals surface area contributed by atoms with Gasteiger partial charge in [-0.25, -0.2) is 0 Å². The van der Waals surface area contributed by atoms with Crippen molar-refractivity contribution in [3.05, 3.63) is 98.6 Å². The van der Waals surface area contributed by atoms with Crippen LogP contribution >= 0.6 is 11.6 Å². The van der Waals surface area contributed by atoms with Gasteiger partial charge in [-0.15, -0.1) is 0 Å². The van der Waals surface area contributed by atoms with Crippen molar-refractivity contribution in [2.45, 2.75) is 6.92 Å². The molecule has 0 aliphatic heterocycles. The van der Waals surface area contributed by atoms with E-state index < -0.39 is 10.8 Å². The molecule has 0 unspecified atom stereocenters. The summed E-state index contributed by atoms with van der Waals surface area (Å²) >= 11 is 6.24. The summed E-state index contributed by atoms with van der Waals surface area (Å²) in [5.41, 5.74) is 1.84. The van der Waals surface area contributed by atoms with Gasteiger partial charge in [0.05, 0.1) is 9.95 Å². The number of rotatable bonds is 8. The molecule has 10 heteroatoms. The number of nitrogens with zero attached hydrogens (tertiary/aromatic N) is 2.